The van der Waals surface area contributed by atoms with Gasteiger partial charge in [0.05, 0.1) is 6.20 Å². The van der Waals surface area contributed by atoms with E-state index < -0.39 is 30.4 Å². The molecule has 0 unspecified atom stereocenters. The second-order valence-corrected chi connectivity index (χ2v) is 7.16. The number of benzene rings is 2. The quantitative estimate of drug-likeness (QED) is 0.411. The largest absolute Gasteiger partial charge is 0.405 e. The number of amides is 2. The van der Waals surface area contributed by atoms with Gasteiger partial charge in [0.25, 0.3) is 11.8 Å². The predicted octanol–water partition coefficient (Wildman–Crippen LogP) is 4.35. The zero-order valence-electron chi connectivity index (χ0n) is 17.4. The molecule has 2 amide bonds. The minimum Gasteiger partial charge on any atom is -0.343 e. The van der Waals surface area contributed by atoms with Crippen LogP contribution in [-0.2, 0) is 0 Å². The number of anilines is 1. The van der Waals surface area contributed by atoms with Crippen molar-refractivity contribution in [2.45, 2.75) is 6.18 Å². The number of nitrogens with zero attached hydrogens (tertiary/aromatic N) is 3. The van der Waals surface area contributed by atoms with E-state index in [2.05, 4.69) is 10.4 Å². The number of hydrogen-bond donors (Lipinski definition) is 2. The summed E-state index contributed by atoms with van der Waals surface area (Å²) in [6, 6.07) is 14.8. The summed E-state index contributed by atoms with van der Waals surface area (Å²) >= 11 is 0. The van der Waals surface area contributed by atoms with Crippen LogP contribution in [0.2, 0.25) is 0 Å². The van der Waals surface area contributed by atoms with Gasteiger partial charge in [-0.15, -0.1) is 0 Å². The van der Waals surface area contributed by atoms with Crippen molar-refractivity contribution in [3.8, 4) is 11.5 Å². The molecule has 4 aromatic rings. The molecule has 0 aliphatic rings. The lowest BCUT2D eigenvalue weighted by Gasteiger charge is -2.12. The molecule has 2 N–H and O–H groups in total. The predicted molar refractivity (Wildman–Crippen MR) is 116 cm³/mol. The first-order valence-electron chi connectivity index (χ1n) is 9.95. The van der Waals surface area contributed by atoms with Gasteiger partial charge in [0.1, 0.15) is 23.6 Å². The molecular formula is C23H17F4N5O2. The van der Waals surface area contributed by atoms with Crippen LogP contribution in [0.15, 0.2) is 79.3 Å². The van der Waals surface area contributed by atoms with Crippen LogP contribution >= 0.6 is 0 Å². The van der Waals surface area contributed by atoms with Crippen LogP contribution in [0.4, 0.5) is 23.2 Å². The third-order valence-corrected chi connectivity index (χ3v) is 4.77. The molecule has 0 saturated heterocycles. The number of rotatable bonds is 6. The molecule has 0 radical (unpaired) electrons. The number of nitrogens with one attached hydrogen (secondary N) is 2. The van der Waals surface area contributed by atoms with Crippen LogP contribution in [-0.4, -0.2) is 38.9 Å². The van der Waals surface area contributed by atoms with E-state index in [0.29, 0.717) is 11.5 Å². The fourth-order valence-corrected chi connectivity index (χ4v) is 3.21. The van der Waals surface area contributed by atoms with Gasteiger partial charge >= 0.3 is 6.18 Å². The fourth-order valence-electron chi connectivity index (χ4n) is 3.21. The van der Waals surface area contributed by atoms with Crippen LogP contribution in [0.3, 0.4) is 0 Å². The standard InChI is InChI=1S/C23H17F4N5O2/c24-18-5-1-2-6-19(18)32-22(31-11-3-4-12-31)17(13-29-32)21(34)30-16-9-7-15(8-10-16)20(33)28-14-23(25,26)27/h1-13H,14H2,(H,28,33)(H,30,34). The number of aromatic nitrogens is 3. The number of para-hydroxylation sites is 1. The Hall–Kier alpha value is -4.41. The Morgan fingerprint density at radius 3 is 2.24 bits per heavy atom. The average molecular weight is 471 g/mol. The molecule has 0 atom stereocenters. The van der Waals surface area contributed by atoms with Crippen LogP contribution in [0, 0.1) is 5.82 Å². The summed E-state index contributed by atoms with van der Waals surface area (Å²) in [5.41, 5.74) is 0.600. The van der Waals surface area contributed by atoms with Crippen molar-refractivity contribution in [3.63, 3.8) is 0 Å². The lowest BCUT2D eigenvalue weighted by atomic mass is 10.2. The molecule has 0 fully saturated rings. The highest BCUT2D eigenvalue weighted by atomic mass is 19.4. The molecule has 0 spiro atoms. The van der Waals surface area contributed by atoms with Gasteiger partial charge in [-0.05, 0) is 48.5 Å². The Bertz CT molecular complexity index is 1310. The highest BCUT2D eigenvalue weighted by Crippen LogP contribution is 2.23. The fraction of sp³-hybridized carbons (Fsp3) is 0.0870. The molecule has 11 heteroatoms. The van der Waals surface area contributed by atoms with Crippen molar-refractivity contribution in [2.75, 3.05) is 11.9 Å². The number of halogens is 4. The van der Waals surface area contributed by atoms with Crippen molar-refractivity contribution in [1.29, 1.82) is 0 Å². The first-order chi connectivity index (χ1) is 16.2. The lowest BCUT2D eigenvalue weighted by Crippen LogP contribution is -2.33. The molecule has 34 heavy (non-hydrogen) atoms. The Kier molecular flexibility index (Phi) is 6.17. The maximum Gasteiger partial charge on any atom is 0.405 e. The Morgan fingerprint density at radius 1 is 0.912 bits per heavy atom. The molecule has 7 nitrogen and oxygen atoms in total. The first-order valence-corrected chi connectivity index (χ1v) is 9.95. The molecule has 0 aliphatic heterocycles. The molecule has 2 heterocycles. The van der Waals surface area contributed by atoms with Gasteiger partial charge in [-0.1, -0.05) is 12.1 Å². The molecule has 0 bridgehead atoms. The smallest absolute Gasteiger partial charge is 0.343 e. The summed E-state index contributed by atoms with van der Waals surface area (Å²) in [6.07, 6.45) is 0.142. The Morgan fingerprint density at radius 2 is 1.59 bits per heavy atom. The normalized spacial score (nSPS) is 11.3. The van der Waals surface area contributed by atoms with Gasteiger partial charge in [-0.25, -0.2) is 9.07 Å². The Labute approximate surface area is 190 Å². The van der Waals surface area contributed by atoms with Gasteiger partial charge in [-0.3, -0.25) is 9.59 Å². The summed E-state index contributed by atoms with van der Waals surface area (Å²) in [4.78, 5) is 24.9. The zero-order valence-corrected chi connectivity index (χ0v) is 17.4. The zero-order chi connectivity index (χ0) is 24.3. The number of carbonyl (C=O) groups excluding carboxylic acids is 2. The molecule has 2 aromatic carbocycles. The van der Waals surface area contributed by atoms with E-state index in [-0.39, 0.29) is 16.8 Å². The maximum absolute atomic E-state index is 14.4. The van der Waals surface area contributed by atoms with Crippen LogP contribution in [0.1, 0.15) is 20.7 Å². The third kappa shape index (κ3) is 4.98. The van der Waals surface area contributed by atoms with Crippen LogP contribution in [0.5, 0.6) is 0 Å². The van der Waals surface area contributed by atoms with E-state index in [1.54, 1.807) is 46.5 Å². The first kappa shape index (κ1) is 22.8. The van der Waals surface area contributed by atoms with E-state index in [0.717, 1.165) is 0 Å². The summed E-state index contributed by atoms with van der Waals surface area (Å²) in [7, 11) is 0. The number of hydrogen-bond acceptors (Lipinski definition) is 3. The van der Waals surface area contributed by atoms with Crippen molar-refractivity contribution in [3.05, 3.63) is 96.2 Å². The van der Waals surface area contributed by atoms with Crippen molar-refractivity contribution in [2.24, 2.45) is 0 Å². The van der Waals surface area contributed by atoms with E-state index in [1.165, 1.54) is 47.3 Å². The highest BCUT2D eigenvalue weighted by molar-refractivity contribution is 6.06. The number of alkyl halides is 3. The van der Waals surface area contributed by atoms with E-state index in [1.807, 2.05) is 0 Å². The van der Waals surface area contributed by atoms with Crippen LogP contribution in [0.25, 0.3) is 11.5 Å². The number of carbonyl (C=O) groups is 2. The SMILES string of the molecule is O=C(NCC(F)(F)F)c1ccc(NC(=O)c2cnn(-c3ccccc3F)c2-n2cccc2)cc1. The molecule has 0 aliphatic carbocycles. The van der Waals surface area contributed by atoms with Gasteiger partial charge in [0.2, 0.25) is 0 Å². The second kappa shape index (κ2) is 9.22. The molecule has 2 aromatic heterocycles. The Balaban J connectivity index is 1.57. The molecule has 4 rings (SSSR count). The topological polar surface area (TPSA) is 81.0 Å². The lowest BCUT2D eigenvalue weighted by molar-refractivity contribution is -0.123. The summed E-state index contributed by atoms with van der Waals surface area (Å²) in [5, 5.41) is 8.62. The molecule has 0 saturated carbocycles. The van der Waals surface area contributed by atoms with Gasteiger partial charge < -0.3 is 15.2 Å². The van der Waals surface area contributed by atoms with E-state index in [9.17, 15) is 27.2 Å². The average Bonchev–Trinajstić information content (AvgIpc) is 3.47. The minimum absolute atomic E-state index is 0.00246. The molecule has 174 valence electrons. The van der Waals surface area contributed by atoms with Gasteiger partial charge in [-0.2, -0.15) is 18.3 Å². The highest BCUT2D eigenvalue weighted by Gasteiger charge is 2.28. The van der Waals surface area contributed by atoms with Crippen molar-refractivity contribution >= 4 is 17.5 Å². The van der Waals surface area contributed by atoms with E-state index >= 15 is 0 Å². The second-order valence-electron chi connectivity index (χ2n) is 7.16. The summed E-state index contributed by atoms with van der Waals surface area (Å²) < 4.78 is 54.2. The minimum atomic E-state index is -4.52. The summed E-state index contributed by atoms with van der Waals surface area (Å²) in [6.45, 7) is -1.45. The van der Waals surface area contributed by atoms with Gasteiger partial charge in [0, 0.05) is 23.6 Å². The van der Waals surface area contributed by atoms with Crippen molar-refractivity contribution < 1.29 is 27.2 Å². The molecular weight excluding hydrogens is 454 g/mol. The van der Waals surface area contributed by atoms with Crippen LogP contribution < -0.4 is 10.6 Å². The van der Waals surface area contributed by atoms with Gasteiger partial charge in [0.15, 0.2) is 5.82 Å². The third-order valence-electron chi connectivity index (χ3n) is 4.77. The monoisotopic (exact) mass is 471 g/mol. The van der Waals surface area contributed by atoms with Crippen molar-refractivity contribution in [1.82, 2.24) is 19.7 Å². The van der Waals surface area contributed by atoms with E-state index in [4.69, 9.17) is 0 Å². The summed E-state index contributed by atoms with van der Waals surface area (Å²) in [5.74, 6) is -1.67. The maximum atomic E-state index is 14.4.